The number of anilines is 1. The van der Waals surface area contributed by atoms with Crippen LogP contribution in [0.15, 0.2) is 24.3 Å². The van der Waals surface area contributed by atoms with Gasteiger partial charge < -0.3 is 14.5 Å². The first-order chi connectivity index (χ1) is 14.2. The number of rotatable bonds is 9. The summed E-state index contributed by atoms with van der Waals surface area (Å²) in [5.74, 6) is 2.60. The van der Waals surface area contributed by atoms with Gasteiger partial charge in [0.2, 0.25) is 0 Å². The molecule has 5 nitrogen and oxygen atoms in total. The first-order valence-electron chi connectivity index (χ1n) is 11.0. The number of aromatic nitrogens is 2. The quantitative estimate of drug-likeness (QED) is 0.434. The lowest BCUT2D eigenvalue weighted by atomic mass is 10.2. The van der Waals surface area contributed by atoms with E-state index in [1.807, 2.05) is 24.3 Å². The number of fused-ring (bicyclic) bond motifs is 1. The van der Waals surface area contributed by atoms with Crippen molar-refractivity contribution in [2.45, 2.75) is 45.4 Å². The van der Waals surface area contributed by atoms with Crippen molar-refractivity contribution in [3.63, 3.8) is 0 Å². The zero-order valence-corrected chi connectivity index (χ0v) is 18.1. The minimum atomic E-state index is 0.593. The van der Waals surface area contributed by atoms with Gasteiger partial charge in [0.05, 0.1) is 6.61 Å². The molecular weight excluding hydrogens is 384 g/mol. The maximum atomic E-state index is 6.53. The van der Waals surface area contributed by atoms with Crippen molar-refractivity contribution in [2.75, 3.05) is 44.2 Å². The maximum absolute atomic E-state index is 6.53. The van der Waals surface area contributed by atoms with Gasteiger partial charge in [-0.15, -0.1) is 0 Å². The van der Waals surface area contributed by atoms with Crippen LogP contribution in [0.1, 0.15) is 44.6 Å². The lowest BCUT2D eigenvalue weighted by Gasteiger charge is -2.21. The fourth-order valence-corrected chi connectivity index (χ4v) is 4.41. The van der Waals surface area contributed by atoms with Crippen molar-refractivity contribution in [1.82, 2.24) is 14.9 Å². The number of hydrogen-bond donors (Lipinski definition) is 0. The molecular formula is C23H31ClN4O. The average molecular weight is 415 g/mol. The number of likely N-dealkylation sites (tertiary alicyclic amines) is 1. The standard InChI is InChI=1S/C23H31ClN4O/c1-2-3-17-29-19-9-7-18(8-10-19)22-25-21(24)20-11-16-28(23(20)26-22)15-6-14-27-12-4-5-13-27/h7-10H,2-6,11-17H2,1H3. The Morgan fingerprint density at radius 1 is 1.00 bits per heavy atom. The Morgan fingerprint density at radius 3 is 2.55 bits per heavy atom. The number of halogens is 1. The number of unbranched alkanes of at least 4 members (excludes halogenated alkanes) is 1. The molecule has 0 N–H and O–H groups in total. The number of ether oxygens (including phenoxy) is 1. The molecule has 6 heteroatoms. The zero-order chi connectivity index (χ0) is 20.1. The van der Waals surface area contributed by atoms with Crippen molar-refractivity contribution in [2.24, 2.45) is 0 Å². The van der Waals surface area contributed by atoms with Crippen LogP contribution in [0.3, 0.4) is 0 Å². The van der Waals surface area contributed by atoms with Crippen LogP contribution in [-0.4, -0.2) is 54.2 Å². The Morgan fingerprint density at radius 2 is 1.79 bits per heavy atom. The molecule has 1 aromatic carbocycles. The molecule has 0 aliphatic carbocycles. The van der Waals surface area contributed by atoms with Crippen LogP contribution in [0, 0.1) is 0 Å². The number of benzene rings is 1. The van der Waals surface area contributed by atoms with E-state index in [2.05, 4.69) is 21.7 Å². The second-order valence-corrected chi connectivity index (χ2v) is 8.36. The van der Waals surface area contributed by atoms with E-state index in [-0.39, 0.29) is 0 Å². The highest BCUT2D eigenvalue weighted by atomic mass is 35.5. The van der Waals surface area contributed by atoms with Crippen molar-refractivity contribution in [1.29, 1.82) is 0 Å². The van der Waals surface area contributed by atoms with E-state index in [0.29, 0.717) is 11.0 Å². The molecule has 4 rings (SSSR count). The first-order valence-corrected chi connectivity index (χ1v) is 11.4. The van der Waals surface area contributed by atoms with Gasteiger partial charge in [0.15, 0.2) is 5.82 Å². The van der Waals surface area contributed by atoms with Gasteiger partial charge in [-0.25, -0.2) is 9.97 Å². The van der Waals surface area contributed by atoms with E-state index in [9.17, 15) is 0 Å². The third-order valence-electron chi connectivity index (χ3n) is 5.85. The Labute approximate surface area is 179 Å². The van der Waals surface area contributed by atoms with Gasteiger partial charge in [0.1, 0.15) is 16.7 Å². The monoisotopic (exact) mass is 414 g/mol. The summed E-state index contributed by atoms with van der Waals surface area (Å²) in [7, 11) is 0. The van der Waals surface area contributed by atoms with Crippen LogP contribution < -0.4 is 9.64 Å². The van der Waals surface area contributed by atoms with Crippen LogP contribution in [0.4, 0.5) is 5.82 Å². The number of hydrogen-bond acceptors (Lipinski definition) is 5. The summed E-state index contributed by atoms with van der Waals surface area (Å²) in [5, 5.41) is 0.593. The summed E-state index contributed by atoms with van der Waals surface area (Å²) in [6, 6.07) is 8.02. The smallest absolute Gasteiger partial charge is 0.163 e. The van der Waals surface area contributed by atoms with Gasteiger partial charge in [-0.05, 0) is 76.0 Å². The summed E-state index contributed by atoms with van der Waals surface area (Å²) >= 11 is 6.53. The second-order valence-electron chi connectivity index (χ2n) is 8.01. The van der Waals surface area contributed by atoms with Crippen molar-refractivity contribution >= 4 is 17.4 Å². The van der Waals surface area contributed by atoms with E-state index < -0.39 is 0 Å². The Bertz CT molecular complexity index is 805. The van der Waals surface area contributed by atoms with E-state index in [4.69, 9.17) is 21.3 Å². The van der Waals surface area contributed by atoms with E-state index in [1.165, 1.54) is 38.9 Å². The SMILES string of the molecule is CCCCOc1ccc(-c2nc(Cl)c3c(n2)N(CCCN2CCCC2)CC3)cc1. The van der Waals surface area contributed by atoms with Gasteiger partial charge in [0.25, 0.3) is 0 Å². The minimum absolute atomic E-state index is 0.593. The highest BCUT2D eigenvalue weighted by Crippen LogP contribution is 2.33. The first kappa shape index (κ1) is 20.4. The van der Waals surface area contributed by atoms with E-state index >= 15 is 0 Å². The Balaban J connectivity index is 1.43. The van der Waals surface area contributed by atoms with Crippen LogP contribution in [0.2, 0.25) is 5.15 Å². The van der Waals surface area contributed by atoms with Gasteiger partial charge in [-0.1, -0.05) is 24.9 Å². The van der Waals surface area contributed by atoms with Crippen molar-refractivity contribution in [3.05, 3.63) is 35.0 Å². The molecule has 1 aromatic heterocycles. The summed E-state index contributed by atoms with van der Waals surface area (Å²) in [6.07, 6.45) is 7.00. The Kier molecular flexibility index (Phi) is 6.88. The van der Waals surface area contributed by atoms with Crippen LogP contribution in [0.25, 0.3) is 11.4 Å². The van der Waals surface area contributed by atoms with E-state index in [0.717, 1.165) is 61.7 Å². The molecule has 0 atom stereocenters. The molecule has 0 radical (unpaired) electrons. The molecule has 1 saturated heterocycles. The van der Waals surface area contributed by atoms with Gasteiger partial charge in [-0.2, -0.15) is 0 Å². The predicted octanol–water partition coefficient (Wildman–Crippen LogP) is 4.82. The van der Waals surface area contributed by atoms with Gasteiger partial charge in [0, 0.05) is 24.2 Å². The molecule has 0 bridgehead atoms. The van der Waals surface area contributed by atoms with E-state index in [1.54, 1.807) is 0 Å². The molecule has 0 spiro atoms. The summed E-state index contributed by atoms with van der Waals surface area (Å²) in [5.41, 5.74) is 2.07. The maximum Gasteiger partial charge on any atom is 0.163 e. The molecule has 1 fully saturated rings. The third kappa shape index (κ3) is 5.01. The highest BCUT2D eigenvalue weighted by Gasteiger charge is 2.25. The fraction of sp³-hybridized carbons (Fsp3) is 0.565. The summed E-state index contributed by atoms with van der Waals surface area (Å²) in [6.45, 7) is 8.62. The highest BCUT2D eigenvalue weighted by molar-refractivity contribution is 6.30. The Hall–Kier alpha value is -1.85. The van der Waals surface area contributed by atoms with Crippen LogP contribution in [-0.2, 0) is 6.42 Å². The number of nitrogens with zero attached hydrogens (tertiary/aromatic N) is 4. The second kappa shape index (κ2) is 9.77. The van der Waals surface area contributed by atoms with Gasteiger partial charge in [-0.3, -0.25) is 0 Å². The topological polar surface area (TPSA) is 41.5 Å². The molecule has 0 amide bonds. The predicted molar refractivity (Wildman–Crippen MR) is 119 cm³/mol. The van der Waals surface area contributed by atoms with Gasteiger partial charge >= 0.3 is 0 Å². The molecule has 156 valence electrons. The molecule has 2 aliphatic heterocycles. The minimum Gasteiger partial charge on any atom is -0.494 e. The fourth-order valence-electron chi connectivity index (χ4n) is 4.15. The zero-order valence-electron chi connectivity index (χ0n) is 17.4. The molecule has 29 heavy (non-hydrogen) atoms. The largest absolute Gasteiger partial charge is 0.494 e. The molecule has 0 saturated carbocycles. The lowest BCUT2D eigenvalue weighted by Crippen LogP contribution is -2.28. The third-order valence-corrected chi connectivity index (χ3v) is 6.16. The molecule has 2 aromatic rings. The van der Waals surface area contributed by atoms with Crippen LogP contribution >= 0.6 is 11.6 Å². The molecule has 0 unspecified atom stereocenters. The lowest BCUT2D eigenvalue weighted by molar-refractivity contribution is 0.309. The van der Waals surface area contributed by atoms with Crippen molar-refractivity contribution in [3.8, 4) is 17.1 Å². The molecule has 3 heterocycles. The average Bonchev–Trinajstić information content (AvgIpc) is 3.39. The molecule has 2 aliphatic rings. The summed E-state index contributed by atoms with van der Waals surface area (Å²) < 4.78 is 5.76. The summed E-state index contributed by atoms with van der Waals surface area (Å²) in [4.78, 5) is 14.4. The van der Waals surface area contributed by atoms with Crippen molar-refractivity contribution < 1.29 is 4.74 Å². The normalized spacial score (nSPS) is 16.4. The van der Waals surface area contributed by atoms with Crippen LogP contribution in [0.5, 0.6) is 5.75 Å².